The standard InChI is InChI=1S/C13H23NO3S/c1-4-18-11(8(2)3)12(15)14-10-6-5-9(7-10)13(16)17/h8-11H,4-7H2,1-3H3,(H,14,15)(H,16,17)/t9-,10+,11?/m0/s1. The van der Waals surface area contributed by atoms with Crippen molar-refractivity contribution in [2.75, 3.05) is 5.75 Å². The van der Waals surface area contributed by atoms with E-state index >= 15 is 0 Å². The molecule has 1 rings (SSSR count). The van der Waals surface area contributed by atoms with Gasteiger partial charge in [-0.3, -0.25) is 9.59 Å². The molecule has 0 aromatic rings. The first-order valence-electron chi connectivity index (χ1n) is 6.60. The highest BCUT2D eigenvalue weighted by atomic mass is 32.2. The summed E-state index contributed by atoms with van der Waals surface area (Å²) in [6.45, 7) is 6.13. The maximum atomic E-state index is 12.1. The number of carbonyl (C=O) groups is 2. The summed E-state index contributed by atoms with van der Waals surface area (Å²) in [6, 6.07) is 0.0392. The van der Waals surface area contributed by atoms with Crippen molar-refractivity contribution in [3.05, 3.63) is 0 Å². The number of hydrogen-bond acceptors (Lipinski definition) is 3. The van der Waals surface area contributed by atoms with E-state index in [1.54, 1.807) is 11.8 Å². The third-order valence-corrected chi connectivity index (χ3v) is 4.79. The zero-order valence-electron chi connectivity index (χ0n) is 11.3. The number of thioether (sulfide) groups is 1. The summed E-state index contributed by atoms with van der Waals surface area (Å²) in [5.74, 6) is 0.250. The fraction of sp³-hybridized carbons (Fsp3) is 0.846. The van der Waals surface area contributed by atoms with Gasteiger partial charge in [0.05, 0.1) is 11.2 Å². The molecule has 1 aliphatic carbocycles. The second-order valence-corrected chi connectivity index (χ2v) is 6.59. The quantitative estimate of drug-likeness (QED) is 0.778. The number of hydrogen-bond donors (Lipinski definition) is 2. The van der Waals surface area contributed by atoms with Crippen molar-refractivity contribution in [1.82, 2.24) is 5.32 Å². The first-order chi connectivity index (χ1) is 8.45. The molecule has 1 aliphatic rings. The Bertz CT molecular complexity index is 307. The van der Waals surface area contributed by atoms with E-state index in [1.165, 1.54) is 0 Å². The van der Waals surface area contributed by atoms with Crippen LogP contribution in [0.2, 0.25) is 0 Å². The molecule has 1 saturated carbocycles. The van der Waals surface area contributed by atoms with E-state index in [4.69, 9.17) is 5.11 Å². The summed E-state index contributed by atoms with van der Waals surface area (Å²) in [5.41, 5.74) is 0. The Labute approximate surface area is 113 Å². The molecular formula is C13H23NO3S. The molecule has 4 nitrogen and oxygen atoms in total. The molecule has 3 atom stereocenters. The fourth-order valence-corrected chi connectivity index (χ4v) is 3.33. The van der Waals surface area contributed by atoms with Gasteiger partial charge in [0.25, 0.3) is 0 Å². The lowest BCUT2D eigenvalue weighted by Gasteiger charge is -2.21. The summed E-state index contributed by atoms with van der Waals surface area (Å²) >= 11 is 1.65. The Hall–Kier alpha value is -0.710. The SMILES string of the molecule is CCSC(C(=O)N[C@@H]1CC[C@H](C(=O)O)C1)C(C)C. The minimum Gasteiger partial charge on any atom is -0.481 e. The minimum absolute atomic E-state index is 0.0288. The molecule has 104 valence electrons. The van der Waals surface area contributed by atoms with Gasteiger partial charge < -0.3 is 10.4 Å². The first-order valence-corrected chi connectivity index (χ1v) is 7.65. The van der Waals surface area contributed by atoms with Gasteiger partial charge in [0.2, 0.25) is 5.91 Å². The van der Waals surface area contributed by atoms with Crippen LogP contribution in [0.3, 0.4) is 0 Å². The van der Waals surface area contributed by atoms with Crippen molar-refractivity contribution in [3.63, 3.8) is 0 Å². The molecule has 1 fully saturated rings. The van der Waals surface area contributed by atoms with Crippen LogP contribution in [-0.4, -0.2) is 34.0 Å². The van der Waals surface area contributed by atoms with Crippen molar-refractivity contribution in [3.8, 4) is 0 Å². The molecule has 0 aromatic carbocycles. The van der Waals surface area contributed by atoms with Crippen LogP contribution >= 0.6 is 11.8 Å². The minimum atomic E-state index is -0.741. The second-order valence-electron chi connectivity index (χ2n) is 5.17. The highest BCUT2D eigenvalue weighted by molar-refractivity contribution is 8.00. The van der Waals surface area contributed by atoms with Crippen LogP contribution < -0.4 is 5.32 Å². The van der Waals surface area contributed by atoms with Crippen LogP contribution in [0.15, 0.2) is 0 Å². The number of aliphatic carboxylic acids is 1. The van der Waals surface area contributed by atoms with Crippen molar-refractivity contribution >= 4 is 23.6 Å². The Balaban J connectivity index is 2.47. The summed E-state index contributed by atoms with van der Waals surface area (Å²) in [4.78, 5) is 23.0. The highest BCUT2D eigenvalue weighted by Gasteiger charge is 2.32. The van der Waals surface area contributed by atoms with Crippen molar-refractivity contribution in [1.29, 1.82) is 0 Å². The Morgan fingerprint density at radius 2 is 2.06 bits per heavy atom. The van der Waals surface area contributed by atoms with Crippen LogP contribution in [-0.2, 0) is 9.59 Å². The lowest BCUT2D eigenvalue weighted by molar-refractivity contribution is -0.141. The predicted octanol–water partition coefficient (Wildman–Crippen LogP) is 2.13. The van der Waals surface area contributed by atoms with Crippen molar-refractivity contribution in [2.24, 2.45) is 11.8 Å². The highest BCUT2D eigenvalue weighted by Crippen LogP contribution is 2.27. The van der Waals surface area contributed by atoms with Crippen LogP contribution in [0.25, 0.3) is 0 Å². The third-order valence-electron chi connectivity index (χ3n) is 3.34. The zero-order valence-corrected chi connectivity index (χ0v) is 12.1. The monoisotopic (exact) mass is 273 g/mol. The molecule has 0 aromatic heterocycles. The topological polar surface area (TPSA) is 66.4 Å². The molecule has 0 spiro atoms. The molecule has 0 bridgehead atoms. The molecule has 1 unspecified atom stereocenters. The van der Waals surface area contributed by atoms with Gasteiger partial charge in [-0.1, -0.05) is 20.8 Å². The van der Waals surface area contributed by atoms with E-state index in [1.807, 2.05) is 20.8 Å². The van der Waals surface area contributed by atoms with E-state index in [2.05, 4.69) is 5.32 Å². The van der Waals surface area contributed by atoms with Crippen molar-refractivity contribution < 1.29 is 14.7 Å². The maximum Gasteiger partial charge on any atom is 0.306 e. The summed E-state index contributed by atoms with van der Waals surface area (Å²) < 4.78 is 0. The second kappa shape index (κ2) is 7.02. The molecule has 0 saturated heterocycles. The fourth-order valence-electron chi connectivity index (χ4n) is 2.37. The zero-order chi connectivity index (χ0) is 13.7. The van der Waals surface area contributed by atoms with Gasteiger partial charge in [0.15, 0.2) is 0 Å². The van der Waals surface area contributed by atoms with Crippen molar-refractivity contribution in [2.45, 2.75) is 51.3 Å². The van der Waals surface area contributed by atoms with E-state index in [0.717, 1.165) is 12.2 Å². The molecular weight excluding hydrogens is 250 g/mol. The van der Waals surface area contributed by atoms with E-state index < -0.39 is 5.97 Å². The lowest BCUT2D eigenvalue weighted by Crippen LogP contribution is -2.41. The largest absolute Gasteiger partial charge is 0.481 e. The smallest absolute Gasteiger partial charge is 0.306 e. The van der Waals surface area contributed by atoms with Gasteiger partial charge in [0.1, 0.15) is 0 Å². The third kappa shape index (κ3) is 4.19. The van der Waals surface area contributed by atoms with Gasteiger partial charge in [0, 0.05) is 6.04 Å². The lowest BCUT2D eigenvalue weighted by atomic mass is 10.1. The molecule has 2 N–H and O–H groups in total. The van der Waals surface area contributed by atoms with Crippen LogP contribution in [0, 0.1) is 11.8 Å². The van der Waals surface area contributed by atoms with E-state index in [0.29, 0.717) is 18.8 Å². The van der Waals surface area contributed by atoms with Gasteiger partial charge in [-0.05, 0) is 30.9 Å². The van der Waals surface area contributed by atoms with Gasteiger partial charge in [-0.15, -0.1) is 11.8 Å². The average molecular weight is 273 g/mol. The Kier molecular flexibility index (Phi) is 5.99. The molecule has 5 heteroatoms. The normalized spacial score (nSPS) is 25.1. The van der Waals surface area contributed by atoms with Crippen LogP contribution in [0.5, 0.6) is 0 Å². The molecule has 0 radical (unpaired) electrons. The number of amides is 1. The number of rotatable bonds is 6. The molecule has 18 heavy (non-hydrogen) atoms. The number of carboxylic acids is 1. The molecule has 0 heterocycles. The average Bonchev–Trinajstić information content (AvgIpc) is 2.73. The Morgan fingerprint density at radius 3 is 2.50 bits per heavy atom. The van der Waals surface area contributed by atoms with E-state index in [-0.39, 0.29) is 23.1 Å². The summed E-state index contributed by atoms with van der Waals surface area (Å²) in [5, 5.41) is 11.9. The van der Waals surface area contributed by atoms with Gasteiger partial charge in [-0.25, -0.2) is 0 Å². The summed E-state index contributed by atoms with van der Waals surface area (Å²) in [7, 11) is 0. The number of nitrogens with one attached hydrogen (secondary N) is 1. The number of carboxylic acid groups (broad SMARTS) is 1. The predicted molar refractivity (Wildman–Crippen MR) is 73.7 cm³/mol. The van der Waals surface area contributed by atoms with Gasteiger partial charge in [-0.2, -0.15) is 0 Å². The van der Waals surface area contributed by atoms with Gasteiger partial charge >= 0.3 is 5.97 Å². The molecule has 0 aliphatic heterocycles. The maximum absolute atomic E-state index is 12.1. The van der Waals surface area contributed by atoms with E-state index in [9.17, 15) is 9.59 Å². The van der Waals surface area contributed by atoms with Crippen LogP contribution in [0.1, 0.15) is 40.0 Å². The van der Waals surface area contributed by atoms with Crippen LogP contribution in [0.4, 0.5) is 0 Å². The Morgan fingerprint density at radius 1 is 1.39 bits per heavy atom. The number of carbonyl (C=O) groups excluding carboxylic acids is 1. The molecule has 1 amide bonds. The first kappa shape index (κ1) is 15.3. The summed E-state index contributed by atoms with van der Waals surface area (Å²) in [6.07, 6.45) is 2.03.